The van der Waals surface area contributed by atoms with Gasteiger partial charge in [0.15, 0.2) is 0 Å². The lowest BCUT2D eigenvalue weighted by atomic mass is 10.1. The molecule has 1 atom stereocenters. The molecule has 0 fully saturated rings. The van der Waals surface area contributed by atoms with Crippen molar-refractivity contribution < 1.29 is 9.84 Å². The van der Waals surface area contributed by atoms with Gasteiger partial charge in [-0.3, -0.25) is 4.98 Å². The molecule has 0 radical (unpaired) electrons. The number of aliphatic hydroxyl groups excluding tert-OH is 1. The molecule has 5 heteroatoms. The lowest BCUT2D eigenvalue weighted by molar-refractivity contribution is 0.215. The number of halogens is 1. The Morgan fingerprint density at radius 2 is 1.95 bits per heavy atom. The fourth-order valence-electron chi connectivity index (χ4n) is 1.66. The van der Waals surface area contributed by atoms with Crippen LogP contribution in [0.2, 0.25) is 5.15 Å². The van der Waals surface area contributed by atoms with Crippen LogP contribution in [0.15, 0.2) is 36.8 Å². The van der Waals surface area contributed by atoms with E-state index in [1.807, 2.05) is 13.8 Å². The van der Waals surface area contributed by atoms with Crippen LogP contribution in [0.4, 0.5) is 0 Å². The molecule has 1 N–H and O–H groups in total. The molecule has 19 heavy (non-hydrogen) atoms. The summed E-state index contributed by atoms with van der Waals surface area (Å²) in [5, 5.41) is 10.7. The number of ether oxygens (including phenoxy) is 1. The number of pyridine rings is 2. The van der Waals surface area contributed by atoms with E-state index in [0.717, 1.165) is 0 Å². The highest BCUT2D eigenvalue weighted by Gasteiger charge is 2.12. The lowest BCUT2D eigenvalue weighted by Gasteiger charge is -2.14. The van der Waals surface area contributed by atoms with Gasteiger partial charge in [0.25, 0.3) is 0 Å². The third kappa shape index (κ3) is 3.66. The van der Waals surface area contributed by atoms with Crippen molar-refractivity contribution in [2.45, 2.75) is 26.1 Å². The predicted octanol–water partition coefficient (Wildman–Crippen LogP) is 3.00. The van der Waals surface area contributed by atoms with E-state index in [1.54, 1.807) is 36.8 Å². The summed E-state index contributed by atoms with van der Waals surface area (Å²) in [5.41, 5.74) is 1.31. The Hall–Kier alpha value is -1.65. The fraction of sp³-hybridized carbons (Fsp3) is 0.286. The summed E-state index contributed by atoms with van der Waals surface area (Å²) < 4.78 is 5.55. The third-order valence-corrected chi connectivity index (χ3v) is 2.71. The summed E-state index contributed by atoms with van der Waals surface area (Å²) >= 11 is 5.72. The van der Waals surface area contributed by atoms with E-state index in [9.17, 15) is 5.11 Å². The molecule has 4 nitrogen and oxygen atoms in total. The maximum absolute atomic E-state index is 10.3. The minimum atomic E-state index is -0.798. The molecule has 1 unspecified atom stereocenters. The van der Waals surface area contributed by atoms with Crippen molar-refractivity contribution in [3.05, 3.63) is 53.1 Å². The second kappa shape index (κ2) is 5.99. The Kier molecular flexibility index (Phi) is 4.35. The predicted molar refractivity (Wildman–Crippen MR) is 73.3 cm³/mol. The van der Waals surface area contributed by atoms with Gasteiger partial charge in [0.1, 0.15) is 17.0 Å². The van der Waals surface area contributed by atoms with Crippen LogP contribution in [-0.4, -0.2) is 21.2 Å². The van der Waals surface area contributed by atoms with E-state index in [0.29, 0.717) is 22.0 Å². The molecule has 0 spiro atoms. The Bertz CT molecular complexity index is 543. The van der Waals surface area contributed by atoms with Crippen LogP contribution in [0.1, 0.15) is 31.1 Å². The first kappa shape index (κ1) is 13.8. The number of aromatic nitrogens is 2. The maximum Gasteiger partial charge on any atom is 0.138 e. The molecule has 2 aromatic heterocycles. The second-order valence-electron chi connectivity index (χ2n) is 4.44. The molecule has 0 saturated heterocycles. The number of hydrogen-bond donors (Lipinski definition) is 1. The molecule has 2 aromatic rings. The summed E-state index contributed by atoms with van der Waals surface area (Å²) in [6.07, 6.45) is 4.03. The third-order valence-electron chi connectivity index (χ3n) is 2.49. The van der Waals surface area contributed by atoms with Gasteiger partial charge in [0.2, 0.25) is 0 Å². The zero-order valence-electron chi connectivity index (χ0n) is 10.7. The van der Waals surface area contributed by atoms with Crippen molar-refractivity contribution in [2.75, 3.05) is 0 Å². The average Bonchev–Trinajstić information content (AvgIpc) is 2.38. The summed E-state index contributed by atoms with van der Waals surface area (Å²) in [5.74, 6) is 0.633. The first-order valence-electron chi connectivity index (χ1n) is 5.97. The van der Waals surface area contributed by atoms with Crippen molar-refractivity contribution in [3.8, 4) is 5.75 Å². The maximum atomic E-state index is 10.3. The standard InChI is InChI=1S/C14H15ClN2O2/c1-9(2)19-12-5-11(6-16-8-12)14(18)10-3-4-13(15)17-7-10/h3-9,14,18H,1-2H3. The highest BCUT2D eigenvalue weighted by molar-refractivity contribution is 6.29. The monoisotopic (exact) mass is 278 g/mol. The van der Waals surface area contributed by atoms with Gasteiger partial charge >= 0.3 is 0 Å². The highest BCUT2D eigenvalue weighted by Crippen LogP contribution is 2.24. The highest BCUT2D eigenvalue weighted by atomic mass is 35.5. The molecule has 0 saturated carbocycles. The second-order valence-corrected chi connectivity index (χ2v) is 4.82. The molecular formula is C14H15ClN2O2. The van der Waals surface area contributed by atoms with Crippen LogP contribution in [-0.2, 0) is 0 Å². The van der Waals surface area contributed by atoms with Crippen molar-refractivity contribution in [1.82, 2.24) is 9.97 Å². The average molecular weight is 279 g/mol. The van der Waals surface area contributed by atoms with Crippen LogP contribution in [0, 0.1) is 0 Å². The molecule has 100 valence electrons. The summed E-state index contributed by atoms with van der Waals surface area (Å²) in [7, 11) is 0. The van der Waals surface area contributed by atoms with Gasteiger partial charge in [0.05, 0.1) is 12.3 Å². The van der Waals surface area contributed by atoms with E-state index in [4.69, 9.17) is 16.3 Å². The van der Waals surface area contributed by atoms with Crippen LogP contribution in [0.25, 0.3) is 0 Å². The summed E-state index contributed by atoms with van der Waals surface area (Å²) in [4.78, 5) is 8.02. The number of hydrogen-bond acceptors (Lipinski definition) is 4. The zero-order chi connectivity index (χ0) is 13.8. The van der Waals surface area contributed by atoms with Crippen LogP contribution in [0.3, 0.4) is 0 Å². The molecule has 2 heterocycles. The van der Waals surface area contributed by atoms with Crippen LogP contribution >= 0.6 is 11.6 Å². The Labute approximate surface area is 117 Å². The molecule has 0 amide bonds. The van der Waals surface area contributed by atoms with Gasteiger partial charge in [-0.2, -0.15) is 0 Å². The van der Waals surface area contributed by atoms with Crippen molar-refractivity contribution in [3.63, 3.8) is 0 Å². The Morgan fingerprint density at radius 3 is 2.58 bits per heavy atom. The molecule has 0 aliphatic heterocycles. The quantitative estimate of drug-likeness (QED) is 0.874. The first-order valence-corrected chi connectivity index (χ1v) is 6.35. The van der Waals surface area contributed by atoms with E-state index < -0.39 is 6.10 Å². The number of rotatable bonds is 4. The molecule has 0 bridgehead atoms. The van der Waals surface area contributed by atoms with Gasteiger partial charge in [0, 0.05) is 23.5 Å². The Balaban J connectivity index is 2.23. The van der Waals surface area contributed by atoms with Crippen LogP contribution < -0.4 is 4.74 Å². The minimum Gasteiger partial charge on any atom is -0.489 e. The van der Waals surface area contributed by atoms with E-state index in [2.05, 4.69) is 9.97 Å². The fourth-order valence-corrected chi connectivity index (χ4v) is 1.77. The van der Waals surface area contributed by atoms with E-state index in [1.165, 1.54) is 0 Å². The normalized spacial score (nSPS) is 12.5. The molecule has 2 rings (SSSR count). The smallest absolute Gasteiger partial charge is 0.138 e. The largest absolute Gasteiger partial charge is 0.489 e. The number of aliphatic hydroxyl groups is 1. The van der Waals surface area contributed by atoms with Gasteiger partial charge < -0.3 is 9.84 Å². The summed E-state index contributed by atoms with van der Waals surface area (Å²) in [6.45, 7) is 3.87. The molecule has 0 aliphatic carbocycles. The van der Waals surface area contributed by atoms with Crippen LogP contribution in [0.5, 0.6) is 5.75 Å². The van der Waals surface area contributed by atoms with Crippen molar-refractivity contribution >= 4 is 11.6 Å². The minimum absolute atomic E-state index is 0.0615. The van der Waals surface area contributed by atoms with E-state index in [-0.39, 0.29) is 6.10 Å². The summed E-state index contributed by atoms with van der Waals surface area (Å²) in [6, 6.07) is 5.14. The molecule has 0 aliphatic rings. The van der Waals surface area contributed by atoms with Gasteiger partial charge in [-0.15, -0.1) is 0 Å². The first-order chi connectivity index (χ1) is 9.06. The lowest BCUT2D eigenvalue weighted by Crippen LogP contribution is -2.07. The number of nitrogens with zero attached hydrogens (tertiary/aromatic N) is 2. The topological polar surface area (TPSA) is 55.2 Å². The van der Waals surface area contributed by atoms with Crippen molar-refractivity contribution in [2.24, 2.45) is 0 Å². The van der Waals surface area contributed by atoms with Gasteiger partial charge in [-0.25, -0.2) is 4.98 Å². The van der Waals surface area contributed by atoms with E-state index >= 15 is 0 Å². The van der Waals surface area contributed by atoms with Gasteiger partial charge in [-0.1, -0.05) is 17.7 Å². The molecular weight excluding hydrogens is 264 g/mol. The zero-order valence-corrected chi connectivity index (χ0v) is 11.5. The molecule has 0 aromatic carbocycles. The SMILES string of the molecule is CC(C)Oc1cncc(C(O)c2ccc(Cl)nc2)c1. The van der Waals surface area contributed by atoms with Crippen molar-refractivity contribution in [1.29, 1.82) is 0 Å². The van der Waals surface area contributed by atoms with Gasteiger partial charge in [-0.05, 0) is 26.0 Å². The Morgan fingerprint density at radius 1 is 1.16 bits per heavy atom.